The van der Waals surface area contributed by atoms with Crippen LogP contribution in [-0.2, 0) is 6.42 Å². The van der Waals surface area contributed by atoms with Crippen molar-refractivity contribution in [3.8, 4) is 0 Å². The standard InChI is InChI=1S/C19H32N4.HI/c1-14(2)23-12-16(4)18(13-23)22-19(20-5)21-11-10-17-9-7-6-8-15(17)3;/h6-9,14,16,18H,10-13H2,1-5H3,(H2,20,21,22);1H. The van der Waals surface area contributed by atoms with Gasteiger partial charge < -0.3 is 10.6 Å². The zero-order valence-electron chi connectivity index (χ0n) is 15.7. The third kappa shape index (κ3) is 5.92. The minimum Gasteiger partial charge on any atom is -0.356 e. The molecule has 0 radical (unpaired) electrons. The van der Waals surface area contributed by atoms with Gasteiger partial charge >= 0.3 is 0 Å². The van der Waals surface area contributed by atoms with E-state index in [0.717, 1.165) is 32.0 Å². The van der Waals surface area contributed by atoms with Gasteiger partial charge in [-0.2, -0.15) is 0 Å². The molecule has 2 atom stereocenters. The van der Waals surface area contributed by atoms with Crippen LogP contribution in [0.5, 0.6) is 0 Å². The van der Waals surface area contributed by atoms with Crippen molar-refractivity contribution in [3.63, 3.8) is 0 Å². The molecular formula is C19H33IN4. The molecule has 1 fully saturated rings. The second-order valence-electron chi connectivity index (χ2n) is 6.95. The molecule has 2 rings (SSSR count). The third-order valence-electron chi connectivity index (χ3n) is 4.86. The fraction of sp³-hybridized carbons (Fsp3) is 0.632. The van der Waals surface area contributed by atoms with Gasteiger partial charge in [0.15, 0.2) is 5.96 Å². The zero-order valence-corrected chi connectivity index (χ0v) is 18.0. The van der Waals surface area contributed by atoms with Crippen LogP contribution in [0.1, 0.15) is 31.9 Å². The Morgan fingerprint density at radius 2 is 2.00 bits per heavy atom. The second kappa shape index (κ2) is 10.2. The number of halogens is 1. The Kier molecular flexibility index (Phi) is 9.05. The Hall–Kier alpha value is -0.820. The molecule has 0 bridgehead atoms. The van der Waals surface area contributed by atoms with E-state index in [0.29, 0.717) is 18.0 Å². The lowest BCUT2D eigenvalue weighted by molar-refractivity contribution is 0.265. The number of aliphatic imine (C=N–C) groups is 1. The summed E-state index contributed by atoms with van der Waals surface area (Å²) >= 11 is 0. The largest absolute Gasteiger partial charge is 0.356 e. The number of hydrogen-bond acceptors (Lipinski definition) is 2. The van der Waals surface area contributed by atoms with Crippen molar-refractivity contribution in [2.75, 3.05) is 26.7 Å². The predicted octanol–water partition coefficient (Wildman–Crippen LogP) is 3.05. The van der Waals surface area contributed by atoms with Crippen molar-refractivity contribution >= 4 is 29.9 Å². The summed E-state index contributed by atoms with van der Waals surface area (Å²) in [6.07, 6.45) is 1.02. The number of hydrogen-bond donors (Lipinski definition) is 2. The maximum absolute atomic E-state index is 4.39. The summed E-state index contributed by atoms with van der Waals surface area (Å²) in [5.74, 6) is 1.56. The summed E-state index contributed by atoms with van der Waals surface area (Å²) in [4.78, 5) is 6.92. The topological polar surface area (TPSA) is 39.7 Å². The van der Waals surface area contributed by atoms with Crippen molar-refractivity contribution in [2.24, 2.45) is 10.9 Å². The van der Waals surface area contributed by atoms with E-state index in [1.807, 2.05) is 7.05 Å². The highest BCUT2D eigenvalue weighted by molar-refractivity contribution is 14.0. The van der Waals surface area contributed by atoms with Gasteiger partial charge in [0.05, 0.1) is 0 Å². The fourth-order valence-corrected chi connectivity index (χ4v) is 3.19. The van der Waals surface area contributed by atoms with Gasteiger partial charge in [0.1, 0.15) is 0 Å². The van der Waals surface area contributed by atoms with Crippen molar-refractivity contribution in [2.45, 2.75) is 46.2 Å². The van der Waals surface area contributed by atoms with Crippen LogP contribution in [0.15, 0.2) is 29.3 Å². The molecule has 0 amide bonds. The molecule has 0 spiro atoms. The second-order valence-corrected chi connectivity index (χ2v) is 6.95. The highest BCUT2D eigenvalue weighted by Gasteiger charge is 2.31. The normalized spacial score (nSPS) is 21.7. The lowest BCUT2D eigenvalue weighted by Gasteiger charge is -2.22. The maximum Gasteiger partial charge on any atom is 0.191 e. The van der Waals surface area contributed by atoms with Gasteiger partial charge in [0.25, 0.3) is 0 Å². The number of aryl methyl sites for hydroxylation is 1. The molecule has 1 heterocycles. The zero-order chi connectivity index (χ0) is 16.8. The molecule has 24 heavy (non-hydrogen) atoms. The SMILES string of the molecule is CN=C(NCCc1ccccc1C)NC1CN(C(C)C)CC1C.I. The molecule has 5 heteroatoms. The average Bonchev–Trinajstić information content (AvgIpc) is 2.89. The van der Waals surface area contributed by atoms with E-state index in [1.54, 1.807) is 0 Å². The average molecular weight is 444 g/mol. The first kappa shape index (κ1) is 21.2. The number of rotatable bonds is 5. The third-order valence-corrected chi connectivity index (χ3v) is 4.86. The number of nitrogens with zero attached hydrogens (tertiary/aromatic N) is 2. The van der Waals surface area contributed by atoms with Gasteiger partial charge in [-0.15, -0.1) is 24.0 Å². The summed E-state index contributed by atoms with van der Waals surface area (Å²) in [6.45, 7) is 12.2. The molecule has 1 aromatic rings. The Balaban J connectivity index is 0.00000288. The van der Waals surface area contributed by atoms with E-state index in [4.69, 9.17) is 0 Å². The lowest BCUT2D eigenvalue weighted by atomic mass is 10.1. The van der Waals surface area contributed by atoms with E-state index in [2.05, 4.69) is 72.5 Å². The molecule has 0 saturated carbocycles. The molecule has 2 unspecified atom stereocenters. The monoisotopic (exact) mass is 444 g/mol. The Bertz CT molecular complexity index is 530. The molecule has 1 aliphatic rings. The first-order chi connectivity index (χ1) is 11.0. The molecule has 1 aliphatic heterocycles. The van der Waals surface area contributed by atoms with E-state index in [-0.39, 0.29) is 24.0 Å². The summed E-state index contributed by atoms with van der Waals surface area (Å²) in [5, 5.41) is 7.06. The molecule has 4 nitrogen and oxygen atoms in total. The Morgan fingerprint density at radius 3 is 2.58 bits per heavy atom. The molecule has 0 aromatic heterocycles. The quantitative estimate of drug-likeness (QED) is 0.417. The van der Waals surface area contributed by atoms with Crippen molar-refractivity contribution in [3.05, 3.63) is 35.4 Å². The van der Waals surface area contributed by atoms with Gasteiger partial charge in [-0.3, -0.25) is 9.89 Å². The molecule has 0 aliphatic carbocycles. The predicted molar refractivity (Wildman–Crippen MR) is 114 cm³/mol. The van der Waals surface area contributed by atoms with Gasteiger partial charge in [-0.25, -0.2) is 0 Å². The molecular weight excluding hydrogens is 411 g/mol. The van der Waals surface area contributed by atoms with Gasteiger partial charge in [0, 0.05) is 38.8 Å². The number of benzene rings is 1. The van der Waals surface area contributed by atoms with Gasteiger partial charge in [-0.05, 0) is 44.2 Å². The van der Waals surface area contributed by atoms with E-state index in [1.165, 1.54) is 11.1 Å². The summed E-state index contributed by atoms with van der Waals surface area (Å²) in [6, 6.07) is 9.66. The lowest BCUT2D eigenvalue weighted by Crippen LogP contribution is -2.47. The highest BCUT2D eigenvalue weighted by atomic mass is 127. The summed E-state index contributed by atoms with van der Waals surface area (Å²) in [7, 11) is 1.85. The minimum absolute atomic E-state index is 0. The maximum atomic E-state index is 4.39. The minimum atomic E-state index is 0. The number of guanidine groups is 1. The van der Waals surface area contributed by atoms with Gasteiger partial charge in [0.2, 0.25) is 0 Å². The van der Waals surface area contributed by atoms with Crippen LogP contribution in [0.2, 0.25) is 0 Å². The van der Waals surface area contributed by atoms with Crippen molar-refractivity contribution in [1.82, 2.24) is 15.5 Å². The summed E-state index contributed by atoms with van der Waals surface area (Å²) < 4.78 is 0. The van der Waals surface area contributed by atoms with E-state index in [9.17, 15) is 0 Å². The van der Waals surface area contributed by atoms with Crippen LogP contribution in [0.3, 0.4) is 0 Å². The Morgan fingerprint density at radius 1 is 1.29 bits per heavy atom. The molecule has 2 N–H and O–H groups in total. The smallest absolute Gasteiger partial charge is 0.191 e. The Labute approximate surface area is 164 Å². The van der Waals surface area contributed by atoms with E-state index >= 15 is 0 Å². The fourth-order valence-electron chi connectivity index (χ4n) is 3.19. The van der Waals surface area contributed by atoms with Crippen LogP contribution >= 0.6 is 24.0 Å². The molecule has 136 valence electrons. The van der Waals surface area contributed by atoms with Crippen LogP contribution in [0, 0.1) is 12.8 Å². The number of nitrogens with one attached hydrogen (secondary N) is 2. The van der Waals surface area contributed by atoms with Crippen LogP contribution < -0.4 is 10.6 Å². The highest BCUT2D eigenvalue weighted by Crippen LogP contribution is 2.18. The van der Waals surface area contributed by atoms with Crippen molar-refractivity contribution < 1.29 is 0 Å². The first-order valence-electron chi connectivity index (χ1n) is 8.77. The van der Waals surface area contributed by atoms with Crippen LogP contribution in [0.25, 0.3) is 0 Å². The summed E-state index contributed by atoms with van der Waals surface area (Å²) in [5.41, 5.74) is 2.75. The van der Waals surface area contributed by atoms with Crippen LogP contribution in [-0.4, -0.2) is 49.6 Å². The number of likely N-dealkylation sites (tertiary alicyclic amines) is 1. The van der Waals surface area contributed by atoms with Gasteiger partial charge in [-0.1, -0.05) is 31.2 Å². The molecule has 1 saturated heterocycles. The molecule has 1 aromatic carbocycles. The van der Waals surface area contributed by atoms with Crippen LogP contribution in [0.4, 0.5) is 0 Å². The first-order valence-corrected chi connectivity index (χ1v) is 8.77. The van der Waals surface area contributed by atoms with Crippen molar-refractivity contribution in [1.29, 1.82) is 0 Å². The van der Waals surface area contributed by atoms with E-state index < -0.39 is 0 Å².